The van der Waals surface area contributed by atoms with Gasteiger partial charge in [-0.1, -0.05) is 48.1 Å². The number of nitrogens with zero attached hydrogens (tertiary/aromatic N) is 1. The molecule has 0 saturated carbocycles. The van der Waals surface area contributed by atoms with E-state index in [4.69, 9.17) is 34.3 Å². The maximum Gasteiger partial charge on any atom is 0.123 e. The summed E-state index contributed by atoms with van der Waals surface area (Å²) < 4.78 is 5.64. The highest BCUT2D eigenvalue weighted by Gasteiger charge is 2.06. The van der Waals surface area contributed by atoms with E-state index in [0.29, 0.717) is 23.9 Å². The monoisotopic (exact) mass is 292 g/mol. The molecule has 19 heavy (non-hydrogen) atoms. The van der Waals surface area contributed by atoms with Crippen LogP contribution >= 0.6 is 23.8 Å². The van der Waals surface area contributed by atoms with Gasteiger partial charge in [0.1, 0.15) is 10.7 Å². The Hall–Kier alpha value is -1.49. The number of benzene rings is 1. The summed E-state index contributed by atoms with van der Waals surface area (Å²) >= 11 is 11.0. The second kappa shape index (κ2) is 6.61. The lowest BCUT2D eigenvalue weighted by atomic mass is 10.2. The fraction of sp³-hybridized carbons (Fsp3) is 0.143. The van der Waals surface area contributed by atoms with Crippen molar-refractivity contribution in [1.82, 2.24) is 4.98 Å². The van der Waals surface area contributed by atoms with Gasteiger partial charge in [0.05, 0.1) is 13.2 Å². The van der Waals surface area contributed by atoms with Gasteiger partial charge in [-0.05, 0) is 17.7 Å². The number of hydrogen-bond donors (Lipinski definition) is 1. The molecule has 0 fully saturated rings. The summed E-state index contributed by atoms with van der Waals surface area (Å²) in [5.74, 6) is 0. The van der Waals surface area contributed by atoms with Crippen LogP contribution in [0.25, 0.3) is 0 Å². The van der Waals surface area contributed by atoms with Crippen molar-refractivity contribution in [2.75, 3.05) is 0 Å². The third-order valence-corrected chi connectivity index (χ3v) is 3.16. The summed E-state index contributed by atoms with van der Waals surface area (Å²) in [4.78, 5) is 4.42. The van der Waals surface area contributed by atoms with Crippen molar-refractivity contribution >= 4 is 28.8 Å². The third-order valence-electron chi connectivity index (χ3n) is 2.60. The third kappa shape index (κ3) is 3.73. The van der Waals surface area contributed by atoms with Gasteiger partial charge in [0.2, 0.25) is 0 Å². The van der Waals surface area contributed by atoms with Crippen molar-refractivity contribution in [2.45, 2.75) is 13.2 Å². The van der Waals surface area contributed by atoms with Crippen molar-refractivity contribution in [3.63, 3.8) is 0 Å². The predicted molar refractivity (Wildman–Crippen MR) is 80.1 cm³/mol. The lowest BCUT2D eigenvalue weighted by molar-refractivity contribution is 0.107. The van der Waals surface area contributed by atoms with E-state index in [-0.39, 0.29) is 4.99 Å². The molecule has 0 radical (unpaired) electrons. The number of nitrogens with two attached hydrogens (primary N) is 1. The molecule has 2 rings (SSSR count). The summed E-state index contributed by atoms with van der Waals surface area (Å²) in [7, 11) is 0. The molecule has 98 valence electrons. The Kier molecular flexibility index (Phi) is 4.85. The summed E-state index contributed by atoms with van der Waals surface area (Å²) in [6.45, 7) is 0.830. The van der Waals surface area contributed by atoms with E-state index in [1.165, 1.54) is 0 Å². The highest BCUT2D eigenvalue weighted by Crippen LogP contribution is 2.17. The zero-order valence-corrected chi connectivity index (χ0v) is 11.7. The molecule has 0 unspecified atom stereocenters. The SMILES string of the molecule is NC(=S)c1ncccc1COCc1ccccc1Cl. The molecular formula is C14H13ClN2OS. The lowest BCUT2D eigenvalue weighted by Gasteiger charge is -2.09. The zero-order chi connectivity index (χ0) is 13.7. The van der Waals surface area contributed by atoms with Crippen molar-refractivity contribution in [3.05, 3.63) is 64.4 Å². The Bertz CT molecular complexity index is 589. The van der Waals surface area contributed by atoms with Crippen molar-refractivity contribution in [2.24, 2.45) is 5.73 Å². The molecule has 1 heterocycles. The zero-order valence-electron chi connectivity index (χ0n) is 10.2. The lowest BCUT2D eigenvalue weighted by Crippen LogP contribution is -2.15. The fourth-order valence-corrected chi connectivity index (χ4v) is 2.04. The molecule has 1 aromatic heterocycles. The molecule has 0 amide bonds. The van der Waals surface area contributed by atoms with Gasteiger partial charge in [0.25, 0.3) is 0 Å². The fourth-order valence-electron chi connectivity index (χ4n) is 1.66. The van der Waals surface area contributed by atoms with Crippen LogP contribution in [0.5, 0.6) is 0 Å². The van der Waals surface area contributed by atoms with Crippen LogP contribution in [0.3, 0.4) is 0 Å². The minimum atomic E-state index is 0.275. The topological polar surface area (TPSA) is 48.1 Å². The highest BCUT2D eigenvalue weighted by atomic mass is 35.5. The minimum absolute atomic E-state index is 0.275. The Balaban J connectivity index is 2.00. The standard InChI is InChI=1S/C14H13ClN2OS/c15-12-6-2-1-4-10(12)8-18-9-11-5-3-7-17-13(11)14(16)19/h1-7H,8-9H2,(H2,16,19). The van der Waals surface area contributed by atoms with E-state index in [1.54, 1.807) is 6.20 Å². The second-order valence-electron chi connectivity index (χ2n) is 3.96. The molecule has 5 heteroatoms. The molecular weight excluding hydrogens is 280 g/mol. The number of rotatable bonds is 5. The first-order chi connectivity index (χ1) is 9.18. The number of thiocarbonyl (C=S) groups is 1. The van der Waals surface area contributed by atoms with Gasteiger partial charge in [-0.25, -0.2) is 0 Å². The van der Waals surface area contributed by atoms with Crippen LogP contribution in [-0.4, -0.2) is 9.97 Å². The minimum Gasteiger partial charge on any atom is -0.388 e. The van der Waals surface area contributed by atoms with Gasteiger partial charge >= 0.3 is 0 Å². The van der Waals surface area contributed by atoms with Crippen molar-refractivity contribution in [3.8, 4) is 0 Å². The largest absolute Gasteiger partial charge is 0.388 e. The quantitative estimate of drug-likeness (QED) is 0.860. The Morgan fingerprint density at radius 3 is 2.58 bits per heavy atom. The van der Waals surface area contributed by atoms with Crippen LogP contribution < -0.4 is 5.73 Å². The molecule has 0 bridgehead atoms. The van der Waals surface area contributed by atoms with Crippen molar-refractivity contribution < 1.29 is 4.74 Å². The van der Waals surface area contributed by atoms with Gasteiger partial charge < -0.3 is 10.5 Å². The maximum absolute atomic E-state index is 6.05. The number of halogens is 1. The summed E-state index contributed by atoms with van der Waals surface area (Å²) in [6.07, 6.45) is 1.66. The maximum atomic E-state index is 6.05. The first kappa shape index (κ1) is 13.9. The molecule has 0 atom stereocenters. The van der Waals surface area contributed by atoms with E-state index in [1.807, 2.05) is 36.4 Å². The second-order valence-corrected chi connectivity index (χ2v) is 4.81. The van der Waals surface area contributed by atoms with E-state index in [0.717, 1.165) is 11.1 Å². The molecule has 0 aliphatic carbocycles. The van der Waals surface area contributed by atoms with Gasteiger partial charge in [-0.2, -0.15) is 0 Å². The average Bonchev–Trinajstić information content (AvgIpc) is 2.41. The van der Waals surface area contributed by atoms with Gasteiger partial charge in [0.15, 0.2) is 0 Å². The summed E-state index contributed by atoms with van der Waals surface area (Å²) in [6, 6.07) is 11.3. The highest BCUT2D eigenvalue weighted by molar-refractivity contribution is 7.80. The van der Waals surface area contributed by atoms with Crippen LogP contribution in [-0.2, 0) is 18.0 Å². The normalized spacial score (nSPS) is 10.4. The first-order valence-corrected chi connectivity index (χ1v) is 6.52. The Morgan fingerprint density at radius 1 is 1.16 bits per heavy atom. The molecule has 2 N–H and O–H groups in total. The van der Waals surface area contributed by atoms with Crippen LogP contribution in [0.4, 0.5) is 0 Å². The van der Waals surface area contributed by atoms with Crippen LogP contribution in [0.15, 0.2) is 42.6 Å². The first-order valence-electron chi connectivity index (χ1n) is 5.73. The van der Waals surface area contributed by atoms with E-state index in [2.05, 4.69) is 4.98 Å². The Labute approximate surface area is 122 Å². The van der Waals surface area contributed by atoms with Crippen molar-refractivity contribution in [1.29, 1.82) is 0 Å². The molecule has 2 aromatic rings. The van der Waals surface area contributed by atoms with E-state index in [9.17, 15) is 0 Å². The summed E-state index contributed by atoms with van der Waals surface area (Å²) in [5, 5.41) is 0.697. The van der Waals surface area contributed by atoms with Crippen LogP contribution in [0.2, 0.25) is 5.02 Å². The van der Waals surface area contributed by atoms with E-state index < -0.39 is 0 Å². The predicted octanol–water partition coefficient (Wildman–Crippen LogP) is 3.09. The molecule has 0 aliphatic heterocycles. The average molecular weight is 293 g/mol. The molecule has 0 aliphatic rings. The smallest absolute Gasteiger partial charge is 0.123 e. The van der Waals surface area contributed by atoms with E-state index >= 15 is 0 Å². The number of aromatic nitrogens is 1. The molecule has 0 spiro atoms. The van der Waals surface area contributed by atoms with Crippen LogP contribution in [0.1, 0.15) is 16.8 Å². The van der Waals surface area contributed by atoms with Gasteiger partial charge in [-0.3, -0.25) is 4.98 Å². The molecule has 3 nitrogen and oxygen atoms in total. The number of pyridine rings is 1. The molecule has 0 saturated heterocycles. The molecule has 1 aromatic carbocycles. The Morgan fingerprint density at radius 2 is 1.84 bits per heavy atom. The van der Waals surface area contributed by atoms with Crippen LogP contribution in [0, 0.1) is 0 Å². The van der Waals surface area contributed by atoms with Gasteiger partial charge in [0, 0.05) is 16.8 Å². The van der Waals surface area contributed by atoms with Gasteiger partial charge in [-0.15, -0.1) is 0 Å². The summed E-state index contributed by atoms with van der Waals surface area (Å²) in [5.41, 5.74) is 8.05. The number of hydrogen-bond acceptors (Lipinski definition) is 3. The number of ether oxygens (including phenoxy) is 1.